The Morgan fingerprint density at radius 1 is 0.400 bits per heavy atom. The van der Waals surface area contributed by atoms with E-state index in [2.05, 4.69) is 64.0 Å². The fourth-order valence-corrected chi connectivity index (χ4v) is 6.05. The van der Waals surface area contributed by atoms with E-state index in [0.29, 0.717) is 6.17 Å². The van der Waals surface area contributed by atoms with Crippen molar-refractivity contribution in [1.29, 1.82) is 0 Å². The second-order valence-corrected chi connectivity index (χ2v) is 11.1. The van der Waals surface area contributed by atoms with E-state index in [1.807, 2.05) is 0 Å². The smallest absolute Gasteiger partial charge is 0.0624 e. The summed E-state index contributed by atoms with van der Waals surface area (Å²) in [6.45, 7) is 31.5. The molecule has 0 aliphatic carbocycles. The summed E-state index contributed by atoms with van der Waals surface area (Å²) in [7, 11) is 0. The fourth-order valence-electron chi connectivity index (χ4n) is 6.05. The van der Waals surface area contributed by atoms with E-state index in [1.54, 1.807) is 0 Å². The van der Waals surface area contributed by atoms with Crippen LogP contribution in [0.15, 0.2) is 0 Å². The van der Waals surface area contributed by atoms with Crippen LogP contribution in [0.25, 0.3) is 0 Å². The van der Waals surface area contributed by atoms with Gasteiger partial charge < -0.3 is 19.6 Å². The third kappa shape index (κ3) is 11.8. The van der Waals surface area contributed by atoms with Gasteiger partial charge in [0.15, 0.2) is 0 Å². The molecule has 2 rings (SSSR count). The summed E-state index contributed by atoms with van der Waals surface area (Å²) in [6, 6.07) is 0. The van der Waals surface area contributed by atoms with Crippen molar-refractivity contribution < 1.29 is 0 Å². The fraction of sp³-hybridized carbons (Fsp3) is 1.00. The van der Waals surface area contributed by atoms with E-state index >= 15 is 0 Å². The van der Waals surface area contributed by atoms with Crippen molar-refractivity contribution in [2.75, 3.05) is 105 Å². The van der Waals surface area contributed by atoms with Gasteiger partial charge in [0, 0.05) is 78.5 Å². The molecule has 0 unspecified atom stereocenters. The van der Waals surface area contributed by atoms with Gasteiger partial charge in [0.2, 0.25) is 0 Å². The van der Waals surface area contributed by atoms with Crippen molar-refractivity contribution in [3.8, 4) is 0 Å². The van der Waals surface area contributed by atoms with Crippen molar-refractivity contribution in [1.82, 2.24) is 29.4 Å². The molecule has 0 atom stereocenters. The Bertz CT molecular complexity index is 428. The van der Waals surface area contributed by atoms with Crippen LogP contribution in [0.5, 0.6) is 0 Å². The minimum absolute atomic E-state index is 0.588. The third-order valence-corrected chi connectivity index (χ3v) is 8.10. The number of hydrogen-bond acceptors (Lipinski definition) is 6. The predicted molar refractivity (Wildman–Crippen MR) is 153 cm³/mol. The van der Waals surface area contributed by atoms with Gasteiger partial charge in [-0.2, -0.15) is 0 Å². The lowest BCUT2D eigenvalue weighted by Crippen LogP contribution is -2.54. The van der Waals surface area contributed by atoms with Crippen LogP contribution in [-0.4, -0.2) is 140 Å². The molecule has 2 fully saturated rings. The van der Waals surface area contributed by atoms with Gasteiger partial charge in [-0.15, -0.1) is 0 Å². The summed E-state index contributed by atoms with van der Waals surface area (Å²) >= 11 is 0. The van der Waals surface area contributed by atoms with Crippen LogP contribution in [-0.2, 0) is 0 Å². The molecule has 208 valence electrons. The molecule has 6 nitrogen and oxygen atoms in total. The van der Waals surface area contributed by atoms with Crippen LogP contribution in [0.1, 0.15) is 79.6 Å². The second-order valence-electron chi connectivity index (χ2n) is 11.1. The molecular formula is C29H62N6. The largest absolute Gasteiger partial charge is 0.301 e. The van der Waals surface area contributed by atoms with Crippen molar-refractivity contribution >= 4 is 0 Å². The van der Waals surface area contributed by atoms with Crippen LogP contribution in [0, 0.1) is 0 Å². The van der Waals surface area contributed by atoms with Crippen molar-refractivity contribution in [3.05, 3.63) is 0 Å². The molecule has 0 N–H and O–H groups in total. The molecule has 0 amide bonds. The first-order valence-electron chi connectivity index (χ1n) is 15.5. The first-order chi connectivity index (χ1) is 17.1. The Hall–Kier alpha value is -0.240. The molecule has 0 radical (unpaired) electrons. The predicted octanol–water partition coefficient (Wildman–Crippen LogP) is 3.98. The van der Waals surface area contributed by atoms with Crippen LogP contribution < -0.4 is 0 Å². The monoisotopic (exact) mass is 495 g/mol. The van der Waals surface area contributed by atoms with Crippen LogP contribution >= 0.6 is 0 Å². The molecule has 0 saturated carbocycles. The van der Waals surface area contributed by atoms with Gasteiger partial charge in [-0.25, -0.2) is 0 Å². The van der Waals surface area contributed by atoms with Gasteiger partial charge in [0.05, 0.1) is 6.17 Å². The highest BCUT2D eigenvalue weighted by Gasteiger charge is 2.28. The average Bonchev–Trinajstić information content (AvgIpc) is 3.01. The lowest BCUT2D eigenvalue weighted by atomic mass is 10.1. The van der Waals surface area contributed by atoms with Gasteiger partial charge in [0.25, 0.3) is 0 Å². The second kappa shape index (κ2) is 18.9. The molecule has 2 aliphatic rings. The summed E-state index contributed by atoms with van der Waals surface area (Å²) in [4.78, 5) is 16.8. The Labute approximate surface area is 220 Å². The minimum Gasteiger partial charge on any atom is -0.301 e. The first kappa shape index (κ1) is 31.0. The van der Waals surface area contributed by atoms with E-state index in [0.717, 1.165) is 0 Å². The van der Waals surface area contributed by atoms with E-state index in [4.69, 9.17) is 0 Å². The van der Waals surface area contributed by atoms with Crippen molar-refractivity contribution in [3.63, 3.8) is 0 Å². The molecule has 2 aliphatic heterocycles. The lowest BCUT2D eigenvalue weighted by molar-refractivity contribution is 0.0204. The topological polar surface area (TPSA) is 19.4 Å². The first-order valence-corrected chi connectivity index (χ1v) is 15.5. The van der Waals surface area contributed by atoms with E-state index in [9.17, 15) is 0 Å². The van der Waals surface area contributed by atoms with Gasteiger partial charge in [-0.3, -0.25) is 9.80 Å². The highest BCUT2D eigenvalue weighted by Crippen LogP contribution is 2.17. The third-order valence-electron chi connectivity index (χ3n) is 8.10. The number of nitrogens with zero attached hydrogens (tertiary/aromatic N) is 6. The Morgan fingerprint density at radius 2 is 0.686 bits per heavy atom. The highest BCUT2D eigenvalue weighted by molar-refractivity contribution is 4.81. The quantitative estimate of drug-likeness (QED) is 0.383. The summed E-state index contributed by atoms with van der Waals surface area (Å²) in [5.74, 6) is 0. The number of unbranched alkanes of at least 4 members (excludes halogenated alkanes) is 1. The van der Waals surface area contributed by atoms with Gasteiger partial charge in [0.1, 0.15) is 0 Å². The molecular weight excluding hydrogens is 432 g/mol. The maximum atomic E-state index is 2.90. The zero-order valence-electron chi connectivity index (χ0n) is 24.5. The van der Waals surface area contributed by atoms with Gasteiger partial charge in [-0.1, -0.05) is 47.5 Å². The highest BCUT2D eigenvalue weighted by atomic mass is 15.4. The molecule has 0 spiro atoms. The molecule has 0 aromatic rings. The standard InChI is InChI=1S/C29H62N6/c1-6-11-12-29(34-25-21-30(13-7-2)17-18-31(14-8-3)22-26-34)35-27-23-32(15-9-4)19-20-33(16-10-5)24-28-35/h29H,6-28H2,1-5H3. The molecule has 0 aromatic carbocycles. The average molecular weight is 495 g/mol. The summed E-state index contributed by atoms with van der Waals surface area (Å²) in [6.07, 6.45) is 9.60. The van der Waals surface area contributed by atoms with Gasteiger partial charge >= 0.3 is 0 Å². The lowest BCUT2D eigenvalue weighted by Gasteiger charge is -2.41. The molecule has 2 saturated heterocycles. The van der Waals surface area contributed by atoms with E-state index in [1.165, 1.54) is 150 Å². The normalized spacial score (nSPS) is 22.5. The summed E-state index contributed by atoms with van der Waals surface area (Å²) < 4.78 is 0. The Balaban J connectivity index is 2.21. The minimum atomic E-state index is 0.588. The number of hydrogen-bond donors (Lipinski definition) is 0. The van der Waals surface area contributed by atoms with E-state index < -0.39 is 0 Å². The van der Waals surface area contributed by atoms with Crippen molar-refractivity contribution in [2.24, 2.45) is 0 Å². The zero-order chi connectivity index (χ0) is 25.3. The molecule has 2 heterocycles. The van der Waals surface area contributed by atoms with Crippen LogP contribution in [0.4, 0.5) is 0 Å². The SMILES string of the molecule is CCCCC(N1CCN(CCC)CCN(CCC)CC1)N1CCN(CCC)CCN(CCC)CC1. The molecule has 6 heteroatoms. The van der Waals surface area contributed by atoms with E-state index in [-0.39, 0.29) is 0 Å². The maximum absolute atomic E-state index is 2.90. The number of rotatable bonds is 13. The molecule has 0 aromatic heterocycles. The molecule has 35 heavy (non-hydrogen) atoms. The van der Waals surface area contributed by atoms with Crippen molar-refractivity contribution in [2.45, 2.75) is 85.7 Å². The maximum Gasteiger partial charge on any atom is 0.0624 e. The molecule has 0 bridgehead atoms. The van der Waals surface area contributed by atoms with Gasteiger partial charge in [-0.05, 0) is 58.3 Å². The van der Waals surface area contributed by atoms with Crippen LogP contribution in [0.2, 0.25) is 0 Å². The zero-order valence-corrected chi connectivity index (χ0v) is 24.5. The summed E-state index contributed by atoms with van der Waals surface area (Å²) in [5.41, 5.74) is 0. The van der Waals surface area contributed by atoms with Crippen LogP contribution in [0.3, 0.4) is 0 Å². The summed E-state index contributed by atoms with van der Waals surface area (Å²) in [5, 5.41) is 0. The Morgan fingerprint density at radius 3 is 0.943 bits per heavy atom. The Kier molecular flexibility index (Phi) is 16.7.